The highest BCUT2D eigenvalue weighted by atomic mass is 15.2. The molecule has 0 radical (unpaired) electrons. The van der Waals surface area contributed by atoms with Crippen LogP contribution in [0.25, 0.3) is 0 Å². The SMILES string of the molecule is Cc1ccc(CN(C)C2CCCNC2)cc1C. The first-order chi connectivity index (χ1) is 8.16. The molecule has 2 rings (SSSR count). The number of aryl methyl sites for hydroxylation is 2. The Bertz CT molecular complexity index is 367. The van der Waals surface area contributed by atoms with Crippen LogP contribution in [0.15, 0.2) is 18.2 Å². The second kappa shape index (κ2) is 5.65. The molecule has 1 aliphatic heterocycles. The quantitative estimate of drug-likeness (QED) is 0.861. The molecule has 1 aliphatic rings. The van der Waals surface area contributed by atoms with Gasteiger partial charge in [0.1, 0.15) is 0 Å². The van der Waals surface area contributed by atoms with Crippen molar-refractivity contribution in [2.75, 3.05) is 20.1 Å². The maximum absolute atomic E-state index is 3.48. The van der Waals surface area contributed by atoms with Gasteiger partial charge in [0.2, 0.25) is 0 Å². The molecular formula is C15H24N2. The average Bonchev–Trinajstić information content (AvgIpc) is 2.35. The van der Waals surface area contributed by atoms with Crippen LogP contribution in [0.1, 0.15) is 29.5 Å². The topological polar surface area (TPSA) is 15.3 Å². The van der Waals surface area contributed by atoms with Crippen molar-refractivity contribution in [3.63, 3.8) is 0 Å². The van der Waals surface area contributed by atoms with E-state index in [9.17, 15) is 0 Å². The standard InChI is InChI=1S/C15H24N2/c1-12-6-7-14(9-13(12)2)11-17(3)15-5-4-8-16-10-15/h6-7,9,15-16H,4-5,8,10-11H2,1-3H3. The number of benzene rings is 1. The molecule has 2 nitrogen and oxygen atoms in total. The predicted molar refractivity (Wildman–Crippen MR) is 73.3 cm³/mol. The highest BCUT2D eigenvalue weighted by Crippen LogP contribution is 2.15. The monoisotopic (exact) mass is 232 g/mol. The van der Waals surface area contributed by atoms with Crippen LogP contribution < -0.4 is 5.32 Å². The first-order valence-electron chi connectivity index (χ1n) is 6.64. The Kier molecular flexibility index (Phi) is 4.19. The normalized spacial score (nSPS) is 20.8. The molecule has 0 bridgehead atoms. The fraction of sp³-hybridized carbons (Fsp3) is 0.600. The van der Waals surface area contributed by atoms with Gasteiger partial charge in [0.25, 0.3) is 0 Å². The smallest absolute Gasteiger partial charge is 0.0234 e. The molecule has 1 aromatic carbocycles. The lowest BCUT2D eigenvalue weighted by Gasteiger charge is -2.31. The van der Waals surface area contributed by atoms with Gasteiger partial charge in [0.05, 0.1) is 0 Å². The third-order valence-electron chi connectivity index (χ3n) is 3.90. The largest absolute Gasteiger partial charge is 0.315 e. The van der Waals surface area contributed by atoms with E-state index in [0.29, 0.717) is 6.04 Å². The van der Waals surface area contributed by atoms with Crippen molar-refractivity contribution in [1.29, 1.82) is 0 Å². The zero-order valence-electron chi connectivity index (χ0n) is 11.3. The maximum Gasteiger partial charge on any atom is 0.0234 e. The van der Waals surface area contributed by atoms with Gasteiger partial charge in [-0.05, 0) is 57.0 Å². The summed E-state index contributed by atoms with van der Waals surface area (Å²) in [7, 11) is 2.24. The summed E-state index contributed by atoms with van der Waals surface area (Å²) in [6.45, 7) is 7.76. The summed E-state index contributed by atoms with van der Waals surface area (Å²) in [5, 5.41) is 3.48. The van der Waals surface area contributed by atoms with E-state index < -0.39 is 0 Å². The highest BCUT2D eigenvalue weighted by molar-refractivity contribution is 5.29. The summed E-state index contributed by atoms with van der Waals surface area (Å²) in [5.41, 5.74) is 4.22. The van der Waals surface area contributed by atoms with E-state index in [-0.39, 0.29) is 0 Å². The predicted octanol–water partition coefficient (Wildman–Crippen LogP) is 2.49. The van der Waals surface area contributed by atoms with Crippen molar-refractivity contribution in [2.45, 2.75) is 39.3 Å². The summed E-state index contributed by atoms with van der Waals surface area (Å²) >= 11 is 0. The molecule has 1 N–H and O–H groups in total. The molecule has 94 valence electrons. The second-order valence-corrected chi connectivity index (χ2v) is 5.33. The number of rotatable bonds is 3. The van der Waals surface area contributed by atoms with Crippen LogP contribution in [0.3, 0.4) is 0 Å². The van der Waals surface area contributed by atoms with Crippen molar-refractivity contribution in [2.24, 2.45) is 0 Å². The van der Waals surface area contributed by atoms with Crippen LogP contribution in [0, 0.1) is 13.8 Å². The van der Waals surface area contributed by atoms with Crippen molar-refractivity contribution in [3.8, 4) is 0 Å². The molecule has 1 saturated heterocycles. The lowest BCUT2D eigenvalue weighted by molar-refractivity contribution is 0.196. The number of hydrogen-bond donors (Lipinski definition) is 1. The Morgan fingerprint density at radius 3 is 2.76 bits per heavy atom. The Hall–Kier alpha value is -0.860. The number of nitrogens with one attached hydrogen (secondary N) is 1. The highest BCUT2D eigenvalue weighted by Gasteiger charge is 2.17. The van der Waals surface area contributed by atoms with Gasteiger partial charge in [-0.1, -0.05) is 18.2 Å². The number of nitrogens with zero attached hydrogens (tertiary/aromatic N) is 1. The van der Waals surface area contributed by atoms with E-state index in [4.69, 9.17) is 0 Å². The van der Waals surface area contributed by atoms with Gasteiger partial charge in [0.15, 0.2) is 0 Å². The van der Waals surface area contributed by atoms with Gasteiger partial charge in [-0.2, -0.15) is 0 Å². The molecule has 1 atom stereocenters. The van der Waals surface area contributed by atoms with Crippen molar-refractivity contribution >= 4 is 0 Å². The summed E-state index contributed by atoms with van der Waals surface area (Å²) < 4.78 is 0. The molecule has 1 aromatic rings. The minimum atomic E-state index is 0.699. The van der Waals surface area contributed by atoms with Gasteiger partial charge < -0.3 is 5.32 Å². The average molecular weight is 232 g/mol. The van der Waals surface area contributed by atoms with Crippen LogP contribution in [0.5, 0.6) is 0 Å². The van der Waals surface area contributed by atoms with Gasteiger partial charge in [-0.15, -0.1) is 0 Å². The lowest BCUT2D eigenvalue weighted by atomic mass is 10.0. The summed E-state index contributed by atoms with van der Waals surface area (Å²) in [6, 6.07) is 7.51. The maximum atomic E-state index is 3.48. The summed E-state index contributed by atoms with van der Waals surface area (Å²) in [4.78, 5) is 2.48. The molecule has 0 amide bonds. The van der Waals surface area contributed by atoms with Gasteiger partial charge in [-0.3, -0.25) is 4.90 Å². The Morgan fingerprint density at radius 1 is 1.29 bits per heavy atom. The first-order valence-corrected chi connectivity index (χ1v) is 6.64. The Morgan fingerprint density at radius 2 is 2.12 bits per heavy atom. The molecular weight excluding hydrogens is 208 g/mol. The molecule has 0 aliphatic carbocycles. The second-order valence-electron chi connectivity index (χ2n) is 5.33. The van der Waals surface area contributed by atoms with Crippen molar-refractivity contribution < 1.29 is 0 Å². The fourth-order valence-corrected chi connectivity index (χ4v) is 2.53. The zero-order chi connectivity index (χ0) is 12.3. The van der Waals surface area contributed by atoms with E-state index >= 15 is 0 Å². The van der Waals surface area contributed by atoms with Crippen LogP contribution in [0.4, 0.5) is 0 Å². The fourth-order valence-electron chi connectivity index (χ4n) is 2.53. The van der Waals surface area contributed by atoms with Crippen LogP contribution in [-0.2, 0) is 6.54 Å². The minimum Gasteiger partial charge on any atom is -0.315 e. The lowest BCUT2D eigenvalue weighted by Crippen LogP contribution is -2.43. The van der Waals surface area contributed by atoms with E-state index in [1.807, 2.05) is 0 Å². The third kappa shape index (κ3) is 3.30. The summed E-state index contributed by atoms with van der Waals surface area (Å²) in [6.07, 6.45) is 2.64. The molecule has 0 aromatic heterocycles. The molecule has 0 saturated carbocycles. The van der Waals surface area contributed by atoms with E-state index in [0.717, 1.165) is 13.1 Å². The van der Waals surface area contributed by atoms with Crippen molar-refractivity contribution in [1.82, 2.24) is 10.2 Å². The molecule has 2 heteroatoms. The Labute approximate surface area is 105 Å². The summed E-state index contributed by atoms with van der Waals surface area (Å²) in [5.74, 6) is 0. The third-order valence-corrected chi connectivity index (χ3v) is 3.90. The molecule has 17 heavy (non-hydrogen) atoms. The van der Waals surface area contributed by atoms with E-state index in [2.05, 4.69) is 49.3 Å². The molecule has 1 fully saturated rings. The zero-order valence-corrected chi connectivity index (χ0v) is 11.3. The van der Waals surface area contributed by atoms with E-state index in [1.54, 1.807) is 0 Å². The minimum absolute atomic E-state index is 0.699. The number of likely N-dealkylation sites (N-methyl/N-ethyl adjacent to an activating group) is 1. The first kappa shape index (κ1) is 12.6. The number of piperidine rings is 1. The number of hydrogen-bond acceptors (Lipinski definition) is 2. The molecule has 0 spiro atoms. The van der Waals surface area contributed by atoms with Gasteiger partial charge in [0, 0.05) is 19.1 Å². The van der Waals surface area contributed by atoms with Gasteiger partial charge >= 0.3 is 0 Å². The van der Waals surface area contributed by atoms with Crippen LogP contribution >= 0.6 is 0 Å². The Balaban J connectivity index is 1.96. The molecule has 1 unspecified atom stereocenters. The van der Waals surface area contributed by atoms with Crippen LogP contribution in [-0.4, -0.2) is 31.1 Å². The molecule has 1 heterocycles. The van der Waals surface area contributed by atoms with Crippen molar-refractivity contribution in [3.05, 3.63) is 34.9 Å². The van der Waals surface area contributed by atoms with Gasteiger partial charge in [-0.25, -0.2) is 0 Å². The van der Waals surface area contributed by atoms with E-state index in [1.165, 1.54) is 36.1 Å². The van der Waals surface area contributed by atoms with Crippen LogP contribution in [0.2, 0.25) is 0 Å².